The molecule has 33 heavy (non-hydrogen) atoms. The minimum atomic E-state index is -0.793. The van der Waals surface area contributed by atoms with Gasteiger partial charge in [0.05, 0.1) is 16.2 Å². The third kappa shape index (κ3) is 4.77. The number of halogens is 1. The first-order chi connectivity index (χ1) is 15.6. The largest absolute Gasteiger partial charge is 0.384 e. The molecule has 11 heteroatoms. The molecule has 0 amide bonds. The van der Waals surface area contributed by atoms with Crippen LogP contribution in [-0.4, -0.2) is 29.7 Å². The maximum Gasteiger partial charge on any atom is 0.332 e. The highest BCUT2D eigenvalue weighted by atomic mass is 35.5. The van der Waals surface area contributed by atoms with Gasteiger partial charge in [0.15, 0.2) is 10.9 Å². The van der Waals surface area contributed by atoms with Gasteiger partial charge in [-0.2, -0.15) is 0 Å². The monoisotopic (exact) mass is 491 g/mol. The van der Waals surface area contributed by atoms with Gasteiger partial charge in [0.25, 0.3) is 11.1 Å². The molecule has 0 aliphatic rings. The number of carbonyl (C=O) groups excluding carboxylic acids is 1. The molecular weight excluding hydrogens is 466 g/mol. The Bertz CT molecular complexity index is 1410. The molecule has 9 nitrogen and oxygen atoms in total. The van der Waals surface area contributed by atoms with Crippen LogP contribution in [-0.2, 0) is 20.6 Å². The number of nitrogens with zero attached hydrogens (tertiary/aromatic N) is 4. The van der Waals surface area contributed by atoms with E-state index in [1.54, 1.807) is 29.7 Å². The average molecular weight is 492 g/mol. The number of rotatable bonds is 8. The number of thioether (sulfide) groups is 1. The molecule has 1 unspecified atom stereocenters. The number of carbonyl (C=O) groups is 1. The number of Topliss-reactive ketones (excluding diaryl/α,β-unsaturated/α-hetero) is 1. The Kier molecular flexibility index (Phi) is 7.48. The number of unbranched alkanes of at least 4 members (excludes halogenated alkanes) is 2. The van der Waals surface area contributed by atoms with Gasteiger partial charge in [-0.25, -0.2) is 9.78 Å². The summed E-state index contributed by atoms with van der Waals surface area (Å²) in [7, 11) is 2.68. The molecule has 1 aromatic carbocycles. The average Bonchev–Trinajstić information content (AvgIpc) is 2.78. The van der Waals surface area contributed by atoms with E-state index in [1.165, 1.54) is 14.1 Å². The highest BCUT2D eigenvalue weighted by Crippen LogP contribution is 2.26. The van der Waals surface area contributed by atoms with E-state index < -0.39 is 22.3 Å². The number of fused-ring (bicyclic) bond motifs is 1. The second kappa shape index (κ2) is 9.96. The number of aromatic nitrogens is 4. The smallest absolute Gasteiger partial charge is 0.332 e. The van der Waals surface area contributed by atoms with Crippen LogP contribution in [0.3, 0.4) is 0 Å². The van der Waals surface area contributed by atoms with Crippen molar-refractivity contribution in [1.82, 2.24) is 18.7 Å². The lowest BCUT2D eigenvalue weighted by molar-refractivity contribution is 0.0992. The second-order valence-corrected chi connectivity index (χ2v) is 9.55. The van der Waals surface area contributed by atoms with Crippen molar-refractivity contribution in [2.45, 2.75) is 50.1 Å². The van der Waals surface area contributed by atoms with Gasteiger partial charge in [-0.1, -0.05) is 43.1 Å². The molecule has 2 N–H and O–H groups in total. The summed E-state index contributed by atoms with van der Waals surface area (Å²) in [6, 6.07) is 4.88. The van der Waals surface area contributed by atoms with Crippen molar-refractivity contribution in [3.63, 3.8) is 0 Å². The Labute approximate surface area is 199 Å². The quantitative estimate of drug-likeness (QED) is 0.222. The van der Waals surface area contributed by atoms with Crippen molar-refractivity contribution in [2.75, 3.05) is 5.73 Å². The summed E-state index contributed by atoms with van der Waals surface area (Å²) in [5, 5.41) is 0.445. The van der Waals surface area contributed by atoms with Gasteiger partial charge < -0.3 is 5.73 Å². The zero-order chi connectivity index (χ0) is 24.4. The Morgan fingerprint density at radius 3 is 2.52 bits per heavy atom. The lowest BCUT2D eigenvalue weighted by Crippen LogP contribution is -2.42. The van der Waals surface area contributed by atoms with Crippen LogP contribution >= 0.6 is 23.4 Å². The molecule has 2 aromatic heterocycles. The fourth-order valence-electron chi connectivity index (χ4n) is 3.49. The first-order valence-corrected chi connectivity index (χ1v) is 11.8. The van der Waals surface area contributed by atoms with Crippen molar-refractivity contribution in [3.05, 3.63) is 60.0 Å². The Hall–Kier alpha value is -2.85. The fraction of sp³-hybridized carbons (Fsp3) is 0.409. The van der Waals surface area contributed by atoms with E-state index >= 15 is 0 Å². The molecular formula is C22H26ClN5O4S. The van der Waals surface area contributed by atoms with Crippen LogP contribution in [0.1, 0.15) is 43.5 Å². The summed E-state index contributed by atoms with van der Waals surface area (Å²) in [5.41, 5.74) is 4.52. The molecule has 2 heterocycles. The van der Waals surface area contributed by atoms with E-state index in [0.29, 0.717) is 27.6 Å². The zero-order valence-corrected chi connectivity index (χ0v) is 20.5. The molecule has 0 saturated carbocycles. The summed E-state index contributed by atoms with van der Waals surface area (Å²) in [6.45, 7) is 4.13. The number of ketones is 1. The summed E-state index contributed by atoms with van der Waals surface area (Å²) in [6.07, 6.45) is 2.70. The van der Waals surface area contributed by atoms with E-state index in [0.717, 1.165) is 40.2 Å². The van der Waals surface area contributed by atoms with E-state index in [9.17, 15) is 19.2 Å². The SMILES string of the molecule is CCCCCn1c(SC(C)C(=O)c2c(N)n(C)c(=O)n(C)c2=O)nc2cc(Cl)ccc2c1=O. The number of anilines is 1. The molecule has 0 spiro atoms. The van der Waals surface area contributed by atoms with Crippen LogP contribution in [0.15, 0.2) is 37.7 Å². The van der Waals surface area contributed by atoms with Crippen LogP contribution in [0.25, 0.3) is 10.9 Å². The molecule has 0 radical (unpaired) electrons. The Balaban J connectivity index is 2.07. The molecule has 3 rings (SSSR count). The number of hydrogen-bond donors (Lipinski definition) is 1. The van der Waals surface area contributed by atoms with Gasteiger partial charge in [-0.05, 0) is 31.5 Å². The standard InChI is InChI=1S/C22H26ClN5O4S/c1-5-6-7-10-28-19(30)14-9-8-13(23)11-15(14)25-21(28)33-12(2)17(29)16-18(24)26(3)22(32)27(4)20(16)31/h8-9,11-12H,5-7,10,24H2,1-4H3. The number of nitrogens with two attached hydrogens (primary N) is 1. The van der Waals surface area contributed by atoms with Gasteiger partial charge >= 0.3 is 5.69 Å². The van der Waals surface area contributed by atoms with E-state index in [4.69, 9.17) is 17.3 Å². The third-order valence-corrected chi connectivity index (χ3v) is 6.80. The molecule has 3 aromatic rings. The zero-order valence-electron chi connectivity index (χ0n) is 18.9. The highest BCUT2D eigenvalue weighted by molar-refractivity contribution is 8.00. The minimum absolute atomic E-state index is 0.195. The summed E-state index contributed by atoms with van der Waals surface area (Å²) in [4.78, 5) is 55.7. The fourth-order valence-corrected chi connectivity index (χ4v) is 4.65. The summed E-state index contributed by atoms with van der Waals surface area (Å²) >= 11 is 7.16. The van der Waals surface area contributed by atoms with Crippen LogP contribution in [0.2, 0.25) is 5.02 Å². The van der Waals surface area contributed by atoms with Gasteiger partial charge in [0.2, 0.25) is 0 Å². The van der Waals surface area contributed by atoms with Crippen molar-refractivity contribution in [3.8, 4) is 0 Å². The van der Waals surface area contributed by atoms with Crippen molar-refractivity contribution in [1.29, 1.82) is 0 Å². The van der Waals surface area contributed by atoms with Crippen LogP contribution in [0.4, 0.5) is 5.82 Å². The van der Waals surface area contributed by atoms with Crippen molar-refractivity contribution in [2.24, 2.45) is 14.1 Å². The number of nitrogen functional groups attached to an aromatic ring is 1. The predicted octanol–water partition coefficient (Wildman–Crippen LogP) is 2.58. The minimum Gasteiger partial charge on any atom is -0.384 e. The van der Waals surface area contributed by atoms with E-state index in [2.05, 4.69) is 11.9 Å². The third-order valence-electron chi connectivity index (χ3n) is 5.48. The van der Waals surface area contributed by atoms with E-state index in [-0.39, 0.29) is 16.9 Å². The van der Waals surface area contributed by atoms with Gasteiger partial charge in [0, 0.05) is 25.7 Å². The number of benzene rings is 1. The maximum absolute atomic E-state index is 13.2. The number of hydrogen-bond acceptors (Lipinski definition) is 7. The topological polar surface area (TPSA) is 122 Å². The normalized spacial score (nSPS) is 12.3. The van der Waals surface area contributed by atoms with Crippen molar-refractivity contribution < 1.29 is 4.79 Å². The molecule has 0 aliphatic carbocycles. The van der Waals surface area contributed by atoms with Crippen molar-refractivity contribution >= 4 is 45.9 Å². The van der Waals surface area contributed by atoms with Gasteiger partial charge in [-0.15, -0.1) is 0 Å². The lowest BCUT2D eigenvalue weighted by atomic mass is 10.1. The first-order valence-electron chi connectivity index (χ1n) is 10.5. The summed E-state index contributed by atoms with van der Waals surface area (Å²) in [5.74, 6) is -0.742. The highest BCUT2D eigenvalue weighted by Gasteiger charge is 2.27. The summed E-state index contributed by atoms with van der Waals surface area (Å²) < 4.78 is 3.46. The lowest BCUT2D eigenvalue weighted by Gasteiger charge is -2.17. The van der Waals surface area contributed by atoms with Crippen LogP contribution in [0, 0.1) is 0 Å². The second-order valence-electron chi connectivity index (χ2n) is 7.81. The predicted molar refractivity (Wildman–Crippen MR) is 132 cm³/mol. The van der Waals surface area contributed by atoms with Crippen LogP contribution < -0.4 is 22.5 Å². The van der Waals surface area contributed by atoms with Gasteiger partial charge in [-0.3, -0.25) is 28.1 Å². The Morgan fingerprint density at radius 2 is 1.85 bits per heavy atom. The molecule has 1 atom stereocenters. The Morgan fingerprint density at radius 1 is 1.15 bits per heavy atom. The molecule has 0 aliphatic heterocycles. The molecule has 0 bridgehead atoms. The first kappa shape index (κ1) is 24.8. The van der Waals surface area contributed by atoms with Gasteiger partial charge in [0.1, 0.15) is 11.4 Å². The van der Waals surface area contributed by atoms with Crippen LogP contribution in [0.5, 0.6) is 0 Å². The molecule has 0 fully saturated rings. The van der Waals surface area contributed by atoms with E-state index in [1.807, 2.05) is 0 Å². The molecule has 0 saturated heterocycles. The molecule has 176 valence electrons. The maximum atomic E-state index is 13.2.